The molecule has 0 aliphatic rings. The summed E-state index contributed by atoms with van der Waals surface area (Å²) in [4.78, 5) is 6.34. The highest BCUT2D eigenvalue weighted by Crippen LogP contribution is 2.24. The van der Waals surface area contributed by atoms with E-state index in [1.807, 2.05) is 25.2 Å². The molecule has 1 aromatic heterocycles. The Bertz CT molecular complexity index is 490. The molecule has 0 aliphatic heterocycles. The van der Waals surface area contributed by atoms with E-state index in [1.54, 1.807) is 0 Å². The Morgan fingerprint density at radius 1 is 1.06 bits per heavy atom. The van der Waals surface area contributed by atoms with Crippen molar-refractivity contribution < 1.29 is 0 Å². The maximum atomic E-state index is 4.32. The van der Waals surface area contributed by atoms with Crippen molar-refractivity contribution in [3.63, 3.8) is 0 Å². The first kappa shape index (κ1) is 10.7. The second kappa shape index (κ2) is 4.35. The molecule has 2 nitrogen and oxygen atoms in total. The summed E-state index contributed by atoms with van der Waals surface area (Å²) in [6.45, 7) is 2.13. The number of pyridine rings is 1. The zero-order valence-electron chi connectivity index (χ0n) is 9.94. The number of rotatable bonds is 2. The largest absolute Gasteiger partial charge is 0.363 e. The van der Waals surface area contributed by atoms with Crippen molar-refractivity contribution in [1.29, 1.82) is 0 Å². The van der Waals surface area contributed by atoms with Crippen LogP contribution in [0, 0.1) is 6.92 Å². The lowest BCUT2D eigenvalue weighted by molar-refractivity contribution is 1.07. The third-order valence-corrected chi connectivity index (χ3v) is 2.66. The molecule has 2 rings (SSSR count). The average molecular weight is 212 g/mol. The molecule has 82 valence electrons. The molecule has 0 aliphatic carbocycles. The molecule has 0 atom stereocenters. The molecular formula is C14H16N2. The van der Waals surface area contributed by atoms with Crippen LogP contribution in [-0.4, -0.2) is 19.1 Å². The Morgan fingerprint density at radius 3 is 2.50 bits per heavy atom. The SMILES string of the molecule is Cc1ccccc1-c1ccnc(N(C)C)c1. The second-order valence-electron chi connectivity index (χ2n) is 4.11. The van der Waals surface area contributed by atoms with Gasteiger partial charge >= 0.3 is 0 Å². The maximum Gasteiger partial charge on any atom is 0.128 e. The molecule has 0 bridgehead atoms. The van der Waals surface area contributed by atoms with Crippen LogP contribution in [0.1, 0.15) is 5.56 Å². The fourth-order valence-electron chi connectivity index (χ4n) is 1.73. The van der Waals surface area contributed by atoms with Gasteiger partial charge in [0.15, 0.2) is 0 Å². The van der Waals surface area contributed by atoms with Crippen molar-refractivity contribution in [2.45, 2.75) is 6.92 Å². The van der Waals surface area contributed by atoms with E-state index >= 15 is 0 Å². The van der Waals surface area contributed by atoms with E-state index in [-0.39, 0.29) is 0 Å². The minimum Gasteiger partial charge on any atom is -0.363 e. The summed E-state index contributed by atoms with van der Waals surface area (Å²) in [5.74, 6) is 0.987. The lowest BCUT2D eigenvalue weighted by atomic mass is 10.0. The van der Waals surface area contributed by atoms with Crippen LogP contribution in [0.4, 0.5) is 5.82 Å². The molecule has 0 spiro atoms. The van der Waals surface area contributed by atoms with E-state index in [0.29, 0.717) is 0 Å². The third-order valence-electron chi connectivity index (χ3n) is 2.66. The number of aryl methyl sites for hydroxylation is 1. The summed E-state index contributed by atoms with van der Waals surface area (Å²) in [5, 5.41) is 0. The van der Waals surface area contributed by atoms with Gasteiger partial charge in [0.05, 0.1) is 0 Å². The Morgan fingerprint density at radius 2 is 1.81 bits per heavy atom. The molecule has 0 saturated heterocycles. The molecule has 0 fully saturated rings. The quantitative estimate of drug-likeness (QED) is 0.760. The third kappa shape index (κ3) is 2.06. The summed E-state index contributed by atoms with van der Waals surface area (Å²) in [6.07, 6.45) is 1.86. The summed E-state index contributed by atoms with van der Waals surface area (Å²) in [6, 6.07) is 12.6. The molecule has 0 amide bonds. The lowest BCUT2D eigenvalue weighted by Gasteiger charge is -2.13. The van der Waals surface area contributed by atoms with Crippen LogP contribution >= 0.6 is 0 Å². The molecule has 16 heavy (non-hydrogen) atoms. The van der Waals surface area contributed by atoms with Crippen LogP contribution in [0.3, 0.4) is 0 Å². The highest BCUT2D eigenvalue weighted by Gasteiger charge is 2.03. The van der Waals surface area contributed by atoms with Gasteiger partial charge in [-0.15, -0.1) is 0 Å². The van der Waals surface area contributed by atoms with Crippen molar-refractivity contribution in [2.75, 3.05) is 19.0 Å². The summed E-state index contributed by atoms with van der Waals surface area (Å²) < 4.78 is 0. The molecule has 0 unspecified atom stereocenters. The van der Waals surface area contributed by atoms with E-state index in [2.05, 4.69) is 48.3 Å². The Labute approximate surface area is 96.6 Å². The second-order valence-corrected chi connectivity index (χ2v) is 4.11. The van der Waals surface area contributed by atoms with Crippen LogP contribution < -0.4 is 4.90 Å². The van der Waals surface area contributed by atoms with Crippen LogP contribution in [0.25, 0.3) is 11.1 Å². The van der Waals surface area contributed by atoms with Gasteiger partial charge in [-0.05, 0) is 35.7 Å². The lowest BCUT2D eigenvalue weighted by Crippen LogP contribution is -2.10. The van der Waals surface area contributed by atoms with E-state index in [9.17, 15) is 0 Å². The molecule has 0 saturated carbocycles. The number of nitrogens with zero attached hydrogens (tertiary/aromatic N) is 2. The van der Waals surface area contributed by atoms with Gasteiger partial charge in [-0.1, -0.05) is 24.3 Å². The average Bonchev–Trinajstić information content (AvgIpc) is 2.30. The number of aromatic nitrogens is 1. The molecule has 1 aromatic carbocycles. The molecule has 2 heteroatoms. The first-order valence-corrected chi connectivity index (χ1v) is 5.38. The van der Waals surface area contributed by atoms with Crippen molar-refractivity contribution in [3.05, 3.63) is 48.2 Å². The van der Waals surface area contributed by atoms with Crippen LogP contribution in [0.2, 0.25) is 0 Å². The molecule has 2 aromatic rings. The summed E-state index contributed by atoms with van der Waals surface area (Å²) in [5.41, 5.74) is 3.78. The highest BCUT2D eigenvalue weighted by atomic mass is 15.1. The smallest absolute Gasteiger partial charge is 0.128 e. The van der Waals surface area contributed by atoms with Crippen molar-refractivity contribution in [1.82, 2.24) is 4.98 Å². The van der Waals surface area contributed by atoms with Gasteiger partial charge in [0, 0.05) is 20.3 Å². The molecule has 1 heterocycles. The minimum atomic E-state index is 0.987. The van der Waals surface area contributed by atoms with Gasteiger partial charge in [0.2, 0.25) is 0 Å². The predicted octanol–water partition coefficient (Wildman–Crippen LogP) is 3.12. The fourth-order valence-corrected chi connectivity index (χ4v) is 1.73. The Hall–Kier alpha value is -1.83. The Balaban J connectivity index is 2.49. The van der Waals surface area contributed by atoms with Gasteiger partial charge in [-0.2, -0.15) is 0 Å². The molecule has 0 radical (unpaired) electrons. The predicted molar refractivity (Wildman–Crippen MR) is 68.7 cm³/mol. The summed E-state index contributed by atoms with van der Waals surface area (Å²) in [7, 11) is 4.01. The first-order chi connectivity index (χ1) is 7.68. The van der Waals surface area contributed by atoms with Gasteiger partial charge < -0.3 is 4.90 Å². The minimum absolute atomic E-state index is 0.987. The van der Waals surface area contributed by atoms with E-state index in [0.717, 1.165) is 5.82 Å². The van der Waals surface area contributed by atoms with E-state index < -0.39 is 0 Å². The zero-order valence-corrected chi connectivity index (χ0v) is 9.94. The van der Waals surface area contributed by atoms with E-state index in [4.69, 9.17) is 0 Å². The molecule has 0 N–H and O–H groups in total. The first-order valence-electron chi connectivity index (χ1n) is 5.38. The van der Waals surface area contributed by atoms with Gasteiger partial charge in [0.1, 0.15) is 5.82 Å². The van der Waals surface area contributed by atoms with Gasteiger partial charge in [-0.3, -0.25) is 0 Å². The highest BCUT2D eigenvalue weighted by molar-refractivity contribution is 5.69. The topological polar surface area (TPSA) is 16.1 Å². The van der Waals surface area contributed by atoms with E-state index in [1.165, 1.54) is 16.7 Å². The van der Waals surface area contributed by atoms with Crippen LogP contribution in [0.5, 0.6) is 0 Å². The standard InChI is InChI=1S/C14H16N2/c1-11-6-4-5-7-13(11)12-8-9-15-14(10-12)16(2)3/h4-10H,1-3H3. The fraction of sp³-hybridized carbons (Fsp3) is 0.214. The summed E-state index contributed by atoms with van der Waals surface area (Å²) >= 11 is 0. The number of anilines is 1. The maximum absolute atomic E-state index is 4.32. The normalized spacial score (nSPS) is 10.2. The monoisotopic (exact) mass is 212 g/mol. The van der Waals surface area contributed by atoms with Crippen molar-refractivity contribution in [2.24, 2.45) is 0 Å². The number of hydrogen-bond donors (Lipinski definition) is 0. The van der Waals surface area contributed by atoms with Crippen LogP contribution in [0.15, 0.2) is 42.6 Å². The van der Waals surface area contributed by atoms with Gasteiger partial charge in [0.25, 0.3) is 0 Å². The Kier molecular flexibility index (Phi) is 2.91. The van der Waals surface area contributed by atoms with Crippen molar-refractivity contribution >= 4 is 5.82 Å². The number of benzene rings is 1. The van der Waals surface area contributed by atoms with Crippen LogP contribution in [-0.2, 0) is 0 Å². The van der Waals surface area contributed by atoms with Crippen molar-refractivity contribution in [3.8, 4) is 11.1 Å². The zero-order chi connectivity index (χ0) is 11.5. The number of hydrogen-bond acceptors (Lipinski definition) is 2. The molecular weight excluding hydrogens is 196 g/mol. The van der Waals surface area contributed by atoms with Gasteiger partial charge in [-0.25, -0.2) is 4.98 Å².